The monoisotopic (exact) mass is 474 g/mol. The molecule has 0 saturated heterocycles. The quantitative estimate of drug-likeness (QED) is 0.383. The lowest BCUT2D eigenvalue weighted by Crippen LogP contribution is -2.16. The Morgan fingerprint density at radius 1 is 0.839 bits per heavy atom. The fourth-order valence-electron chi connectivity index (χ4n) is 2.86. The number of benzene rings is 3. The number of rotatable bonds is 6. The summed E-state index contributed by atoms with van der Waals surface area (Å²) < 4.78 is 33.7. The van der Waals surface area contributed by atoms with Crippen LogP contribution in [0.25, 0.3) is 11.0 Å². The molecule has 0 atom stereocenters. The van der Waals surface area contributed by atoms with Crippen LogP contribution in [0.4, 0.5) is 17.3 Å². The molecule has 2 N–H and O–H groups in total. The molecule has 7 nitrogen and oxygen atoms in total. The number of aromatic nitrogens is 2. The van der Waals surface area contributed by atoms with Crippen molar-refractivity contribution in [1.29, 1.82) is 0 Å². The third-order valence-electron chi connectivity index (χ3n) is 4.34. The lowest BCUT2D eigenvalue weighted by atomic mass is 10.2. The maximum atomic E-state index is 12.9. The predicted molar refractivity (Wildman–Crippen MR) is 123 cm³/mol. The zero-order chi connectivity index (χ0) is 22.0. The molecule has 4 aromatic rings. The lowest BCUT2D eigenvalue weighted by molar-refractivity contribution is 0.417. The molecule has 1 aromatic heterocycles. The average Bonchev–Trinajstić information content (AvgIpc) is 2.74. The van der Waals surface area contributed by atoms with Crippen LogP contribution in [0, 0.1) is 0 Å². The summed E-state index contributed by atoms with van der Waals surface area (Å²) in [6, 6.07) is 18.0. The standard InChI is InChI=1S/C21H16Cl2N4O3S/c1-30-19-11-8-14(23)12-18(19)26-20-21(25-17-5-3-2-4-16(17)24-20)27-31(28,29)15-9-6-13(22)7-10-15/h2-12H,1H3,(H,24,26)(H,25,27). The summed E-state index contributed by atoms with van der Waals surface area (Å²) in [6.45, 7) is 0. The number of ether oxygens (including phenoxy) is 1. The van der Waals surface area contributed by atoms with Gasteiger partial charge in [0, 0.05) is 10.0 Å². The van der Waals surface area contributed by atoms with Gasteiger partial charge in [-0.2, -0.15) is 0 Å². The van der Waals surface area contributed by atoms with E-state index in [1.807, 2.05) is 6.07 Å². The van der Waals surface area contributed by atoms with Crippen LogP contribution < -0.4 is 14.8 Å². The number of nitrogens with zero attached hydrogens (tertiary/aromatic N) is 2. The molecule has 0 aliphatic heterocycles. The van der Waals surface area contributed by atoms with Crippen LogP contribution in [0.15, 0.2) is 71.6 Å². The van der Waals surface area contributed by atoms with Gasteiger partial charge in [-0.15, -0.1) is 0 Å². The summed E-state index contributed by atoms with van der Waals surface area (Å²) in [7, 11) is -2.43. The number of para-hydroxylation sites is 2. The first-order chi connectivity index (χ1) is 14.9. The Morgan fingerprint density at radius 3 is 2.10 bits per heavy atom. The number of fused-ring (bicyclic) bond motifs is 1. The molecule has 0 bridgehead atoms. The topological polar surface area (TPSA) is 93.2 Å². The number of halogens is 2. The van der Waals surface area contributed by atoms with Crippen molar-refractivity contribution in [3.8, 4) is 5.75 Å². The number of methoxy groups -OCH3 is 1. The molecule has 1 heterocycles. The molecule has 3 aromatic carbocycles. The molecule has 0 radical (unpaired) electrons. The van der Waals surface area contributed by atoms with Gasteiger partial charge in [0.25, 0.3) is 10.0 Å². The van der Waals surface area contributed by atoms with Gasteiger partial charge >= 0.3 is 0 Å². The van der Waals surface area contributed by atoms with Gasteiger partial charge in [0.05, 0.1) is 28.7 Å². The number of sulfonamides is 1. The van der Waals surface area contributed by atoms with Crippen LogP contribution in [-0.4, -0.2) is 25.5 Å². The van der Waals surface area contributed by atoms with Crippen molar-refractivity contribution in [2.24, 2.45) is 0 Å². The Labute approximate surface area is 189 Å². The van der Waals surface area contributed by atoms with Gasteiger partial charge in [-0.3, -0.25) is 4.72 Å². The normalized spacial score (nSPS) is 11.3. The highest BCUT2D eigenvalue weighted by Gasteiger charge is 2.20. The van der Waals surface area contributed by atoms with Crippen LogP contribution in [0.3, 0.4) is 0 Å². The molecule has 0 fully saturated rings. The molecule has 4 rings (SSSR count). The van der Waals surface area contributed by atoms with Crippen LogP contribution >= 0.6 is 23.2 Å². The molecular weight excluding hydrogens is 459 g/mol. The highest BCUT2D eigenvalue weighted by atomic mass is 35.5. The van der Waals surface area contributed by atoms with Gasteiger partial charge < -0.3 is 10.1 Å². The van der Waals surface area contributed by atoms with Crippen molar-refractivity contribution < 1.29 is 13.2 Å². The largest absolute Gasteiger partial charge is 0.495 e. The van der Waals surface area contributed by atoms with E-state index in [9.17, 15) is 8.42 Å². The molecule has 0 aliphatic rings. The van der Waals surface area contributed by atoms with Crippen LogP contribution in [0.1, 0.15) is 0 Å². The minimum absolute atomic E-state index is 0.0238. The summed E-state index contributed by atoms with van der Waals surface area (Å²) in [5, 5.41) is 3.98. The number of anilines is 3. The van der Waals surface area contributed by atoms with Gasteiger partial charge in [0.15, 0.2) is 11.6 Å². The zero-order valence-corrected chi connectivity index (χ0v) is 18.5. The van der Waals surface area contributed by atoms with Crippen LogP contribution in [0.5, 0.6) is 5.75 Å². The Balaban J connectivity index is 1.80. The van der Waals surface area contributed by atoms with E-state index >= 15 is 0 Å². The third kappa shape index (κ3) is 4.66. The summed E-state index contributed by atoms with van der Waals surface area (Å²) in [5.74, 6) is 0.721. The Hall–Kier alpha value is -3.07. The Bertz CT molecular complexity index is 1360. The summed E-state index contributed by atoms with van der Waals surface area (Å²) in [5.41, 5.74) is 1.62. The van der Waals surface area contributed by atoms with Crippen LogP contribution in [0.2, 0.25) is 10.0 Å². The van der Waals surface area contributed by atoms with E-state index in [1.54, 1.807) is 36.4 Å². The van der Waals surface area contributed by atoms with E-state index < -0.39 is 10.0 Å². The van der Waals surface area contributed by atoms with Crippen molar-refractivity contribution in [1.82, 2.24) is 9.97 Å². The maximum Gasteiger partial charge on any atom is 0.263 e. The van der Waals surface area contributed by atoms with E-state index in [4.69, 9.17) is 27.9 Å². The lowest BCUT2D eigenvalue weighted by Gasteiger charge is -2.15. The summed E-state index contributed by atoms with van der Waals surface area (Å²) >= 11 is 12.0. The average molecular weight is 475 g/mol. The molecular formula is C21H16Cl2N4O3S. The minimum Gasteiger partial charge on any atom is -0.495 e. The molecule has 0 spiro atoms. The number of nitrogens with one attached hydrogen (secondary N) is 2. The predicted octanol–water partition coefficient (Wildman–Crippen LogP) is 5.49. The van der Waals surface area contributed by atoms with Gasteiger partial charge in [-0.1, -0.05) is 35.3 Å². The van der Waals surface area contributed by atoms with Crippen LogP contribution in [-0.2, 0) is 10.0 Å². The fourth-order valence-corrected chi connectivity index (χ4v) is 4.17. The van der Waals surface area contributed by atoms with Gasteiger partial charge in [-0.05, 0) is 54.6 Å². The van der Waals surface area contributed by atoms with E-state index in [0.29, 0.717) is 32.5 Å². The Morgan fingerprint density at radius 2 is 1.45 bits per heavy atom. The fraction of sp³-hybridized carbons (Fsp3) is 0.0476. The highest BCUT2D eigenvalue weighted by Crippen LogP contribution is 2.33. The first kappa shape index (κ1) is 21.2. The molecule has 0 unspecified atom stereocenters. The van der Waals surface area contributed by atoms with Crippen molar-refractivity contribution in [2.45, 2.75) is 4.90 Å². The Kier molecular flexibility index (Phi) is 5.86. The second-order valence-electron chi connectivity index (χ2n) is 6.44. The van der Waals surface area contributed by atoms with E-state index in [0.717, 1.165) is 0 Å². The smallest absolute Gasteiger partial charge is 0.263 e. The first-order valence-corrected chi connectivity index (χ1v) is 11.3. The van der Waals surface area contributed by atoms with E-state index in [2.05, 4.69) is 20.0 Å². The first-order valence-electron chi connectivity index (χ1n) is 9.01. The highest BCUT2D eigenvalue weighted by molar-refractivity contribution is 7.92. The van der Waals surface area contributed by atoms with Crippen molar-refractivity contribution in [3.05, 3.63) is 76.8 Å². The molecule has 0 saturated carbocycles. The number of hydrogen-bond acceptors (Lipinski definition) is 6. The molecule has 0 aliphatic carbocycles. The molecule has 0 amide bonds. The van der Waals surface area contributed by atoms with Crippen molar-refractivity contribution >= 4 is 61.6 Å². The summed E-state index contributed by atoms with van der Waals surface area (Å²) in [4.78, 5) is 9.05. The van der Waals surface area contributed by atoms with Gasteiger partial charge in [0.1, 0.15) is 5.75 Å². The third-order valence-corrected chi connectivity index (χ3v) is 6.18. The SMILES string of the molecule is COc1ccc(Cl)cc1Nc1nc2ccccc2nc1NS(=O)(=O)c1ccc(Cl)cc1. The van der Waals surface area contributed by atoms with Crippen molar-refractivity contribution in [3.63, 3.8) is 0 Å². The molecule has 10 heteroatoms. The number of hydrogen-bond donors (Lipinski definition) is 2. The second-order valence-corrected chi connectivity index (χ2v) is 8.99. The minimum atomic E-state index is -3.95. The zero-order valence-electron chi connectivity index (χ0n) is 16.1. The molecule has 31 heavy (non-hydrogen) atoms. The summed E-state index contributed by atoms with van der Waals surface area (Å²) in [6.07, 6.45) is 0. The molecule has 158 valence electrons. The van der Waals surface area contributed by atoms with Gasteiger partial charge in [0.2, 0.25) is 0 Å². The van der Waals surface area contributed by atoms with Crippen molar-refractivity contribution in [2.75, 3.05) is 17.1 Å². The van der Waals surface area contributed by atoms with E-state index in [-0.39, 0.29) is 16.5 Å². The van der Waals surface area contributed by atoms with E-state index in [1.165, 1.54) is 31.4 Å². The second kappa shape index (κ2) is 8.58. The van der Waals surface area contributed by atoms with Gasteiger partial charge in [-0.25, -0.2) is 18.4 Å². The maximum absolute atomic E-state index is 12.9.